The summed E-state index contributed by atoms with van der Waals surface area (Å²) >= 11 is 0. The van der Waals surface area contributed by atoms with Crippen molar-refractivity contribution in [3.63, 3.8) is 0 Å². The molecule has 0 aliphatic carbocycles. The topological polar surface area (TPSA) is 56.1 Å². The van der Waals surface area contributed by atoms with Crippen LogP contribution in [0.4, 0.5) is 4.39 Å². The maximum atomic E-state index is 13.9. The van der Waals surface area contributed by atoms with Crippen LogP contribution in [0.25, 0.3) is 0 Å². The minimum absolute atomic E-state index is 0.0975. The summed E-state index contributed by atoms with van der Waals surface area (Å²) < 4.78 is 20.6. The van der Waals surface area contributed by atoms with Crippen molar-refractivity contribution < 1.29 is 13.9 Å². The Kier molecular flexibility index (Phi) is 4.79. The Balaban J connectivity index is 1.92. The van der Waals surface area contributed by atoms with Crippen molar-refractivity contribution in [3.05, 3.63) is 83.7 Å². The summed E-state index contributed by atoms with van der Waals surface area (Å²) in [6.07, 6.45) is 3.48. The fourth-order valence-corrected chi connectivity index (χ4v) is 2.62. The number of carbonyl (C=O) groups excluding carboxylic acids is 1. The van der Waals surface area contributed by atoms with Gasteiger partial charge in [-0.05, 0) is 23.8 Å². The maximum absolute atomic E-state index is 13.9. The molecule has 0 spiro atoms. The summed E-state index contributed by atoms with van der Waals surface area (Å²) in [5, 5.41) is 2.93. The van der Waals surface area contributed by atoms with Crippen LogP contribution in [0.2, 0.25) is 0 Å². The predicted molar refractivity (Wildman–Crippen MR) is 91.9 cm³/mol. The summed E-state index contributed by atoms with van der Waals surface area (Å²) in [5.41, 5.74) is 1.10. The first-order valence-corrected chi connectivity index (χ1v) is 7.76. The standard InChI is InChI=1S/C19H18FN3O2/c1-23-11-10-21-18(23)17(13-6-4-3-5-7-13)22-19(24)14-8-9-16(25-2)15(20)12-14/h3-12,17H,1-2H3,(H,22,24)/t17-/m1/s1. The van der Waals surface area contributed by atoms with Crippen LogP contribution in [0.1, 0.15) is 27.8 Å². The van der Waals surface area contributed by atoms with E-state index >= 15 is 0 Å². The number of aromatic nitrogens is 2. The molecule has 0 radical (unpaired) electrons. The third-order valence-corrected chi connectivity index (χ3v) is 3.94. The third kappa shape index (κ3) is 3.52. The Labute approximate surface area is 145 Å². The Morgan fingerprint density at radius 3 is 2.60 bits per heavy atom. The van der Waals surface area contributed by atoms with Gasteiger partial charge in [-0.1, -0.05) is 30.3 Å². The van der Waals surface area contributed by atoms with Crippen LogP contribution in [0.5, 0.6) is 5.75 Å². The number of aryl methyl sites for hydroxylation is 1. The van der Waals surface area contributed by atoms with E-state index in [1.807, 2.05) is 48.1 Å². The van der Waals surface area contributed by atoms with Gasteiger partial charge in [0.15, 0.2) is 11.6 Å². The molecule has 1 atom stereocenters. The molecule has 1 heterocycles. The molecule has 0 aliphatic rings. The molecule has 128 valence electrons. The molecular formula is C19H18FN3O2. The smallest absolute Gasteiger partial charge is 0.252 e. The molecule has 0 unspecified atom stereocenters. The predicted octanol–water partition coefficient (Wildman–Crippen LogP) is 3.09. The van der Waals surface area contributed by atoms with Gasteiger partial charge in [-0.15, -0.1) is 0 Å². The second-order valence-corrected chi connectivity index (χ2v) is 5.56. The van der Waals surface area contributed by atoms with Crippen LogP contribution < -0.4 is 10.1 Å². The summed E-state index contributed by atoms with van der Waals surface area (Å²) in [6, 6.07) is 13.2. The largest absolute Gasteiger partial charge is 0.494 e. The van der Waals surface area contributed by atoms with Crippen LogP contribution in [0, 0.1) is 5.82 Å². The fraction of sp³-hybridized carbons (Fsp3) is 0.158. The van der Waals surface area contributed by atoms with Gasteiger partial charge >= 0.3 is 0 Å². The van der Waals surface area contributed by atoms with Crippen LogP contribution in [0.3, 0.4) is 0 Å². The lowest BCUT2D eigenvalue weighted by atomic mass is 10.1. The monoisotopic (exact) mass is 339 g/mol. The molecule has 1 N–H and O–H groups in total. The molecule has 1 amide bonds. The normalized spacial score (nSPS) is 11.8. The number of imidazole rings is 1. The summed E-state index contributed by atoms with van der Waals surface area (Å²) in [6.45, 7) is 0. The summed E-state index contributed by atoms with van der Waals surface area (Å²) in [4.78, 5) is 17.0. The molecule has 3 aromatic rings. The highest BCUT2D eigenvalue weighted by Gasteiger charge is 2.21. The first-order valence-electron chi connectivity index (χ1n) is 7.76. The number of methoxy groups -OCH3 is 1. The van der Waals surface area contributed by atoms with Gasteiger partial charge in [0.1, 0.15) is 11.9 Å². The minimum Gasteiger partial charge on any atom is -0.494 e. The molecule has 0 fully saturated rings. The summed E-state index contributed by atoms with van der Waals surface area (Å²) in [5.74, 6) is -0.185. The average molecular weight is 339 g/mol. The molecule has 0 saturated heterocycles. The molecule has 2 aromatic carbocycles. The lowest BCUT2D eigenvalue weighted by Gasteiger charge is -2.19. The third-order valence-electron chi connectivity index (χ3n) is 3.94. The fourth-order valence-electron chi connectivity index (χ4n) is 2.62. The SMILES string of the molecule is COc1ccc(C(=O)N[C@H](c2ccccc2)c2nccn2C)cc1F. The Bertz CT molecular complexity index is 877. The number of hydrogen-bond donors (Lipinski definition) is 1. The van der Waals surface area contributed by atoms with E-state index in [4.69, 9.17) is 4.74 Å². The molecular weight excluding hydrogens is 321 g/mol. The van der Waals surface area contributed by atoms with Crippen LogP contribution in [-0.2, 0) is 7.05 Å². The maximum Gasteiger partial charge on any atom is 0.252 e. The number of carbonyl (C=O) groups is 1. The number of hydrogen-bond acceptors (Lipinski definition) is 3. The van der Waals surface area contributed by atoms with Crippen molar-refractivity contribution >= 4 is 5.91 Å². The van der Waals surface area contributed by atoms with Crippen LogP contribution in [-0.4, -0.2) is 22.6 Å². The van der Waals surface area contributed by atoms with E-state index < -0.39 is 17.8 Å². The molecule has 0 saturated carbocycles. The highest BCUT2D eigenvalue weighted by Crippen LogP contribution is 2.22. The van der Waals surface area contributed by atoms with Gasteiger partial charge in [-0.2, -0.15) is 0 Å². The van der Waals surface area contributed by atoms with Gasteiger partial charge in [0.05, 0.1) is 7.11 Å². The number of benzene rings is 2. The zero-order valence-electron chi connectivity index (χ0n) is 13.9. The first-order chi connectivity index (χ1) is 12.1. The Hall–Kier alpha value is -3.15. The molecule has 0 bridgehead atoms. The lowest BCUT2D eigenvalue weighted by molar-refractivity contribution is 0.0940. The second kappa shape index (κ2) is 7.17. The number of rotatable bonds is 5. The van der Waals surface area contributed by atoms with Gasteiger partial charge in [-0.3, -0.25) is 4.79 Å². The van der Waals surface area contributed by atoms with Crippen molar-refractivity contribution in [1.29, 1.82) is 0 Å². The van der Waals surface area contributed by atoms with E-state index in [0.717, 1.165) is 11.6 Å². The van der Waals surface area contributed by atoms with Crippen molar-refractivity contribution in [2.45, 2.75) is 6.04 Å². The zero-order valence-corrected chi connectivity index (χ0v) is 13.9. The van der Waals surface area contributed by atoms with Crippen molar-refractivity contribution in [3.8, 4) is 5.75 Å². The van der Waals surface area contributed by atoms with Gasteiger partial charge in [-0.25, -0.2) is 9.37 Å². The molecule has 5 nitrogen and oxygen atoms in total. The second-order valence-electron chi connectivity index (χ2n) is 5.56. The average Bonchev–Trinajstić information content (AvgIpc) is 3.06. The quantitative estimate of drug-likeness (QED) is 0.777. The number of nitrogens with one attached hydrogen (secondary N) is 1. The molecule has 25 heavy (non-hydrogen) atoms. The number of nitrogens with zero attached hydrogens (tertiary/aromatic N) is 2. The van der Waals surface area contributed by atoms with E-state index in [2.05, 4.69) is 10.3 Å². The molecule has 1 aromatic heterocycles. The van der Waals surface area contributed by atoms with E-state index in [0.29, 0.717) is 5.82 Å². The van der Waals surface area contributed by atoms with Crippen molar-refractivity contribution in [2.24, 2.45) is 7.05 Å². The highest BCUT2D eigenvalue weighted by atomic mass is 19.1. The van der Waals surface area contributed by atoms with Crippen LogP contribution in [0.15, 0.2) is 60.9 Å². The van der Waals surface area contributed by atoms with Crippen LogP contribution >= 0.6 is 0 Å². The van der Waals surface area contributed by atoms with E-state index in [1.165, 1.54) is 19.2 Å². The van der Waals surface area contributed by atoms with Crippen molar-refractivity contribution in [2.75, 3.05) is 7.11 Å². The summed E-state index contributed by atoms with van der Waals surface area (Å²) in [7, 11) is 3.24. The van der Waals surface area contributed by atoms with E-state index in [-0.39, 0.29) is 11.3 Å². The molecule has 6 heteroatoms. The minimum atomic E-state index is -0.580. The van der Waals surface area contributed by atoms with E-state index in [9.17, 15) is 9.18 Å². The first kappa shape index (κ1) is 16.7. The van der Waals surface area contributed by atoms with Gasteiger partial charge < -0.3 is 14.6 Å². The molecule has 0 aliphatic heterocycles. The zero-order chi connectivity index (χ0) is 17.8. The number of halogens is 1. The number of amides is 1. The van der Waals surface area contributed by atoms with Crippen molar-refractivity contribution in [1.82, 2.24) is 14.9 Å². The van der Waals surface area contributed by atoms with Gasteiger partial charge in [0, 0.05) is 25.0 Å². The number of ether oxygens (including phenoxy) is 1. The Morgan fingerprint density at radius 1 is 1.24 bits per heavy atom. The van der Waals surface area contributed by atoms with Gasteiger partial charge in [0.25, 0.3) is 5.91 Å². The van der Waals surface area contributed by atoms with Gasteiger partial charge in [0.2, 0.25) is 0 Å². The molecule has 3 rings (SSSR count). The van der Waals surface area contributed by atoms with E-state index in [1.54, 1.807) is 6.20 Å². The Morgan fingerprint density at radius 2 is 2.00 bits per heavy atom. The lowest BCUT2D eigenvalue weighted by Crippen LogP contribution is -2.31. The highest BCUT2D eigenvalue weighted by molar-refractivity contribution is 5.94.